The van der Waals surface area contributed by atoms with Crippen LogP contribution in [0.2, 0.25) is 0 Å². The van der Waals surface area contributed by atoms with E-state index >= 15 is 0 Å². The second-order valence-corrected chi connectivity index (χ2v) is 5.68. The van der Waals surface area contributed by atoms with Gasteiger partial charge in [-0.05, 0) is 24.6 Å². The molecule has 0 spiro atoms. The standard InChI is InChI=1S/C19H22N3O.BrH/c1-17-8-10-18(11-9-17)14-22-16-21(15-20-22)12-5-13-23-19-6-3-2-4-7-19;/h2-4,6-11,15-16H,5,12-14H2,1H3;1H/q+1;/p-1. The number of benzene rings is 2. The Labute approximate surface area is 153 Å². The first-order chi connectivity index (χ1) is 11.3. The molecule has 0 unspecified atom stereocenters. The van der Waals surface area contributed by atoms with Crippen LogP contribution in [-0.4, -0.2) is 16.4 Å². The Morgan fingerprint density at radius 2 is 1.79 bits per heavy atom. The molecule has 2 aromatic carbocycles. The van der Waals surface area contributed by atoms with Crippen molar-refractivity contribution in [3.05, 3.63) is 78.4 Å². The molecule has 0 saturated carbocycles. The minimum atomic E-state index is 0. The van der Waals surface area contributed by atoms with Gasteiger partial charge in [-0.2, -0.15) is 0 Å². The van der Waals surface area contributed by atoms with E-state index in [0.29, 0.717) is 6.61 Å². The second kappa shape index (κ2) is 9.23. The fourth-order valence-electron chi connectivity index (χ4n) is 2.40. The van der Waals surface area contributed by atoms with E-state index in [1.165, 1.54) is 11.1 Å². The molecule has 0 aliphatic carbocycles. The Bertz CT molecular complexity index is 726. The summed E-state index contributed by atoms with van der Waals surface area (Å²) >= 11 is 0. The highest BCUT2D eigenvalue weighted by Crippen LogP contribution is 2.08. The van der Waals surface area contributed by atoms with Crippen LogP contribution < -0.4 is 26.3 Å². The number of halogens is 1. The number of rotatable bonds is 7. The van der Waals surface area contributed by atoms with Crippen LogP contribution in [0.25, 0.3) is 0 Å². The van der Waals surface area contributed by atoms with Gasteiger partial charge in [-0.1, -0.05) is 48.0 Å². The Morgan fingerprint density at radius 3 is 2.54 bits per heavy atom. The van der Waals surface area contributed by atoms with E-state index < -0.39 is 0 Å². The first kappa shape index (κ1) is 18.2. The largest absolute Gasteiger partial charge is 1.00 e. The zero-order valence-corrected chi connectivity index (χ0v) is 15.4. The summed E-state index contributed by atoms with van der Waals surface area (Å²) in [5.74, 6) is 0.924. The fraction of sp³-hybridized carbons (Fsp3) is 0.263. The first-order valence-corrected chi connectivity index (χ1v) is 7.94. The van der Waals surface area contributed by atoms with Gasteiger partial charge in [0.1, 0.15) is 12.3 Å². The molecule has 0 radical (unpaired) electrons. The minimum Gasteiger partial charge on any atom is -1.00 e. The Hall–Kier alpha value is -2.14. The summed E-state index contributed by atoms with van der Waals surface area (Å²) in [5, 5.41) is 4.41. The predicted molar refractivity (Wildman–Crippen MR) is 89.3 cm³/mol. The van der Waals surface area contributed by atoms with Gasteiger partial charge in [0.2, 0.25) is 6.33 Å². The summed E-state index contributed by atoms with van der Waals surface area (Å²) in [6, 6.07) is 18.5. The third-order valence-electron chi connectivity index (χ3n) is 3.67. The highest BCUT2D eigenvalue weighted by molar-refractivity contribution is 5.21. The fourth-order valence-corrected chi connectivity index (χ4v) is 2.40. The summed E-state index contributed by atoms with van der Waals surface area (Å²) in [4.78, 5) is 0. The molecule has 5 heteroatoms. The van der Waals surface area contributed by atoms with Crippen LogP contribution in [0, 0.1) is 6.92 Å². The maximum absolute atomic E-state index is 5.70. The van der Waals surface area contributed by atoms with Crippen molar-refractivity contribution in [3.63, 3.8) is 0 Å². The summed E-state index contributed by atoms with van der Waals surface area (Å²) in [5.41, 5.74) is 2.54. The van der Waals surface area contributed by atoms with Gasteiger partial charge < -0.3 is 21.7 Å². The smallest absolute Gasteiger partial charge is 0.265 e. The lowest BCUT2D eigenvalue weighted by molar-refractivity contribution is -0.698. The van der Waals surface area contributed by atoms with Crippen LogP contribution in [-0.2, 0) is 13.1 Å². The number of aryl methyl sites for hydroxylation is 2. The first-order valence-electron chi connectivity index (χ1n) is 7.94. The maximum atomic E-state index is 5.70. The van der Waals surface area contributed by atoms with Crippen LogP contribution >= 0.6 is 0 Å². The highest BCUT2D eigenvalue weighted by atomic mass is 79.9. The number of aromatic nitrogens is 3. The van der Waals surface area contributed by atoms with Gasteiger partial charge in [-0.3, -0.25) is 0 Å². The van der Waals surface area contributed by atoms with Crippen molar-refractivity contribution in [1.82, 2.24) is 9.78 Å². The van der Waals surface area contributed by atoms with Crippen LogP contribution in [0.5, 0.6) is 5.75 Å². The molecule has 3 rings (SSSR count). The molecule has 0 aliphatic heterocycles. The molecular weight excluding hydrogens is 366 g/mol. The van der Waals surface area contributed by atoms with E-state index in [1.807, 2.05) is 47.7 Å². The Kier molecular flexibility index (Phi) is 7.00. The van der Waals surface area contributed by atoms with E-state index in [2.05, 4.69) is 40.9 Å². The molecule has 0 N–H and O–H groups in total. The number of para-hydroxylation sites is 1. The quantitative estimate of drug-likeness (QED) is 0.422. The molecule has 0 atom stereocenters. The van der Waals surface area contributed by atoms with E-state index in [-0.39, 0.29) is 17.0 Å². The van der Waals surface area contributed by atoms with Crippen molar-refractivity contribution < 1.29 is 26.3 Å². The molecule has 0 aliphatic rings. The number of hydrogen-bond donors (Lipinski definition) is 0. The van der Waals surface area contributed by atoms with Gasteiger partial charge in [-0.25, -0.2) is 4.57 Å². The minimum absolute atomic E-state index is 0. The average molecular weight is 388 g/mol. The van der Waals surface area contributed by atoms with Gasteiger partial charge in [0, 0.05) is 11.5 Å². The third-order valence-corrected chi connectivity index (χ3v) is 3.67. The third kappa shape index (κ3) is 5.49. The molecule has 0 amide bonds. The van der Waals surface area contributed by atoms with Gasteiger partial charge in [0.25, 0.3) is 6.33 Å². The average Bonchev–Trinajstić information content (AvgIpc) is 3.02. The number of nitrogens with zero attached hydrogens (tertiary/aromatic N) is 3. The van der Waals surface area contributed by atoms with Crippen molar-refractivity contribution in [1.29, 1.82) is 0 Å². The monoisotopic (exact) mass is 387 g/mol. The van der Waals surface area contributed by atoms with Crippen LogP contribution in [0.1, 0.15) is 17.5 Å². The summed E-state index contributed by atoms with van der Waals surface area (Å²) < 4.78 is 9.76. The molecule has 0 bridgehead atoms. The lowest BCUT2D eigenvalue weighted by atomic mass is 10.1. The molecule has 1 aromatic heterocycles. The summed E-state index contributed by atoms with van der Waals surface area (Å²) in [6.07, 6.45) is 4.87. The molecular formula is C19H22BrN3O. The van der Waals surface area contributed by atoms with Crippen molar-refractivity contribution in [2.75, 3.05) is 6.61 Å². The lowest BCUT2D eigenvalue weighted by Gasteiger charge is -2.04. The van der Waals surface area contributed by atoms with Gasteiger partial charge in [0.05, 0.1) is 13.2 Å². The zero-order valence-electron chi connectivity index (χ0n) is 13.8. The van der Waals surface area contributed by atoms with E-state index in [0.717, 1.165) is 25.3 Å². The maximum Gasteiger partial charge on any atom is 0.265 e. The number of ether oxygens (including phenoxy) is 1. The van der Waals surface area contributed by atoms with Crippen molar-refractivity contribution >= 4 is 0 Å². The van der Waals surface area contributed by atoms with Crippen LogP contribution in [0.4, 0.5) is 0 Å². The molecule has 1 heterocycles. The van der Waals surface area contributed by atoms with Crippen LogP contribution in [0.15, 0.2) is 67.3 Å². The highest BCUT2D eigenvalue weighted by Gasteiger charge is 2.06. The van der Waals surface area contributed by atoms with Crippen LogP contribution in [0.3, 0.4) is 0 Å². The second-order valence-electron chi connectivity index (χ2n) is 5.68. The summed E-state index contributed by atoms with van der Waals surface area (Å²) in [7, 11) is 0. The Balaban J connectivity index is 0.00000208. The summed E-state index contributed by atoms with van der Waals surface area (Å²) in [6.45, 7) is 4.51. The van der Waals surface area contributed by atoms with Gasteiger partial charge >= 0.3 is 0 Å². The number of hydrogen-bond acceptors (Lipinski definition) is 2. The zero-order chi connectivity index (χ0) is 15.9. The SMILES string of the molecule is Cc1ccc(Cn2c[n+](CCCOc3ccccc3)cn2)cc1.[Br-]. The lowest BCUT2D eigenvalue weighted by Crippen LogP contribution is -3.00. The van der Waals surface area contributed by atoms with Gasteiger partial charge in [-0.15, -0.1) is 4.68 Å². The molecule has 3 aromatic rings. The molecule has 0 fully saturated rings. The predicted octanol–water partition coefficient (Wildman–Crippen LogP) is 0.000420. The topological polar surface area (TPSA) is 30.9 Å². The molecule has 0 saturated heterocycles. The normalized spacial score (nSPS) is 10.2. The van der Waals surface area contributed by atoms with Gasteiger partial charge in [0.15, 0.2) is 0 Å². The van der Waals surface area contributed by atoms with Crippen molar-refractivity contribution in [2.24, 2.45) is 0 Å². The molecule has 126 valence electrons. The molecule has 4 nitrogen and oxygen atoms in total. The Morgan fingerprint density at radius 1 is 1.04 bits per heavy atom. The van der Waals surface area contributed by atoms with E-state index in [1.54, 1.807) is 0 Å². The van der Waals surface area contributed by atoms with E-state index in [9.17, 15) is 0 Å². The van der Waals surface area contributed by atoms with E-state index in [4.69, 9.17) is 4.74 Å². The van der Waals surface area contributed by atoms with Crippen molar-refractivity contribution in [2.45, 2.75) is 26.4 Å². The van der Waals surface area contributed by atoms with Crippen molar-refractivity contribution in [3.8, 4) is 5.75 Å². The molecule has 24 heavy (non-hydrogen) atoms.